The highest BCUT2D eigenvalue weighted by atomic mass is 35.5. The van der Waals surface area contributed by atoms with Gasteiger partial charge in [0.2, 0.25) is 5.91 Å². The number of amides is 2. The Morgan fingerprint density at radius 2 is 2.15 bits per heavy atom. The summed E-state index contributed by atoms with van der Waals surface area (Å²) < 4.78 is 0. The maximum atomic E-state index is 12.5. The quantitative estimate of drug-likeness (QED) is 0.928. The molecule has 0 bridgehead atoms. The Labute approximate surface area is 124 Å². The molecule has 1 N–H and O–H groups in total. The van der Waals surface area contributed by atoms with E-state index in [9.17, 15) is 9.59 Å². The van der Waals surface area contributed by atoms with E-state index in [0.29, 0.717) is 17.5 Å². The minimum absolute atomic E-state index is 0.0851. The van der Waals surface area contributed by atoms with Crippen LogP contribution in [0.1, 0.15) is 38.8 Å². The van der Waals surface area contributed by atoms with Crippen molar-refractivity contribution in [3.05, 3.63) is 28.8 Å². The average molecular weight is 295 g/mol. The third-order valence-corrected chi connectivity index (χ3v) is 3.62. The van der Waals surface area contributed by atoms with Crippen LogP contribution in [-0.2, 0) is 9.59 Å². The lowest BCUT2D eigenvalue weighted by atomic mass is 10.1. The Morgan fingerprint density at radius 1 is 1.45 bits per heavy atom. The number of fused-ring (bicyclic) bond motifs is 1. The molecule has 0 saturated carbocycles. The van der Waals surface area contributed by atoms with Crippen LogP contribution in [0.2, 0.25) is 5.02 Å². The lowest BCUT2D eigenvalue weighted by Gasteiger charge is -2.19. The van der Waals surface area contributed by atoms with Crippen molar-refractivity contribution in [2.75, 3.05) is 11.4 Å². The van der Waals surface area contributed by atoms with Crippen molar-refractivity contribution in [1.29, 1.82) is 0 Å². The fraction of sp³-hybridized carbons (Fsp3) is 0.467. The molecule has 1 unspecified atom stereocenters. The Hall–Kier alpha value is -1.55. The second-order valence-electron chi connectivity index (χ2n) is 5.51. The molecule has 1 aromatic carbocycles. The van der Waals surface area contributed by atoms with Gasteiger partial charge in [-0.15, -0.1) is 0 Å². The Morgan fingerprint density at radius 3 is 2.75 bits per heavy atom. The van der Waals surface area contributed by atoms with E-state index in [-0.39, 0.29) is 11.8 Å². The summed E-state index contributed by atoms with van der Waals surface area (Å²) in [5.41, 5.74) is 1.63. The molecule has 4 nitrogen and oxygen atoms in total. The molecular weight excluding hydrogens is 276 g/mol. The molecule has 1 heterocycles. The minimum atomic E-state index is -0.617. The zero-order valence-electron chi connectivity index (χ0n) is 11.9. The zero-order chi connectivity index (χ0) is 14.9. The van der Waals surface area contributed by atoms with Crippen LogP contribution in [0.15, 0.2) is 18.2 Å². The second kappa shape index (κ2) is 5.83. The highest BCUT2D eigenvalue weighted by Crippen LogP contribution is 2.37. The Kier molecular flexibility index (Phi) is 4.33. The normalized spacial score (nSPS) is 17.6. The van der Waals surface area contributed by atoms with Crippen molar-refractivity contribution in [3.8, 4) is 0 Å². The molecule has 1 aliphatic heterocycles. The van der Waals surface area contributed by atoms with Crippen LogP contribution >= 0.6 is 11.6 Å². The van der Waals surface area contributed by atoms with Gasteiger partial charge >= 0.3 is 0 Å². The summed E-state index contributed by atoms with van der Waals surface area (Å²) in [6.07, 6.45) is 0.917. The second-order valence-corrected chi connectivity index (χ2v) is 5.95. The van der Waals surface area contributed by atoms with Gasteiger partial charge in [-0.2, -0.15) is 0 Å². The molecule has 1 atom stereocenters. The minimum Gasteiger partial charge on any atom is -0.341 e. The van der Waals surface area contributed by atoms with E-state index in [1.54, 1.807) is 17.0 Å². The van der Waals surface area contributed by atoms with Crippen LogP contribution in [0.5, 0.6) is 0 Å². The van der Waals surface area contributed by atoms with E-state index >= 15 is 0 Å². The summed E-state index contributed by atoms with van der Waals surface area (Å²) >= 11 is 6.01. The summed E-state index contributed by atoms with van der Waals surface area (Å²) in [6.45, 7) is 6.30. The van der Waals surface area contributed by atoms with E-state index < -0.39 is 6.04 Å². The summed E-state index contributed by atoms with van der Waals surface area (Å²) in [4.78, 5) is 25.5. The van der Waals surface area contributed by atoms with Gasteiger partial charge in [-0.25, -0.2) is 0 Å². The van der Waals surface area contributed by atoms with Gasteiger partial charge in [0.1, 0.15) is 6.04 Å². The molecule has 108 valence electrons. The van der Waals surface area contributed by atoms with Gasteiger partial charge in [0.15, 0.2) is 0 Å². The Balaban J connectivity index is 2.33. The third-order valence-electron chi connectivity index (χ3n) is 3.38. The first-order valence-electron chi connectivity index (χ1n) is 6.78. The van der Waals surface area contributed by atoms with Crippen molar-refractivity contribution in [1.82, 2.24) is 5.32 Å². The van der Waals surface area contributed by atoms with E-state index in [2.05, 4.69) is 19.2 Å². The van der Waals surface area contributed by atoms with Gasteiger partial charge in [-0.05, 0) is 30.5 Å². The molecule has 5 heteroatoms. The molecule has 2 amide bonds. The van der Waals surface area contributed by atoms with Crippen LogP contribution in [0.4, 0.5) is 5.69 Å². The molecule has 0 aromatic heterocycles. The van der Waals surface area contributed by atoms with Crippen LogP contribution in [0, 0.1) is 5.92 Å². The molecule has 0 saturated heterocycles. The van der Waals surface area contributed by atoms with Gasteiger partial charge in [-0.1, -0.05) is 25.4 Å². The zero-order valence-corrected chi connectivity index (χ0v) is 12.7. The molecule has 20 heavy (non-hydrogen) atoms. The van der Waals surface area contributed by atoms with E-state index in [4.69, 9.17) is 11.6 Å². The summed E-state index contributed by atoms with van der Waals surface area (Å²) in [6, 6.07) is 4.75. The number of halogens is 1. The van der Waals surface area contributed by atoms with Crippen molar-refractivity contribution >= 4 is 29.1 Å². The summed E-state index contributed by atoms with van der Waals surface area (Å²) in [5.74, 6) is 0.205. The predicted molar refractivity (Wildman–Crippen MR) is 79.8 cm³/mol. The van der Waals surface area contributed by atoms with E-state index in [1.165, 1.54) is 6.92 Å². The number of carbonyl (C=O) groups excluding carboxylic acids is 2. The van der Waals surface area contributed by atoms with Crippen molar-refractivity contribution in [2.24, 2.45) is 5.92 Å². The highest BCUT2D eigenvalue weighted by molar-refractivity contribution is 6.31. The lowest BCUT2D eigenvalue weighted by molar-refractivity contribution is -0.126. The predicted octanol–water partition coefficient (Wildman–Crippen LogP) is 2.91. The van der Waals surface area contributed by atoms with Crippen molar-refractivity contribution in [3.63, 3.8) is 0 Å². The third kappa shape index (κ3) is 2.96. The topological polar surface area (TPSA) is 49.4 Å². The number of carbonyl (C=O) groups is 2. The standard InChI is InChI=1S/C15H19ClN2O2/c1-9(2)6-7-18-13-5-4-11(16)8-12(13)14(15(18)20)17-10(3)19/h4-5,8-9,14H,6-7H2,1-3H3,(H,17,19). The molecule has 1 aliphatic rings. The summed E-state index contributed by atoms with van der Waals surface area (Å²) in [5, 5.41) is 3.27. The summed E-state index contributed by atoms with van der Waals surface area (Å²) in [7, 11) is 0. The average Bonchev–Trinajstić information content (AvgIpc) is 2.60. The van der Waals surface area contributed by atoms with Crippen molar-refractivity contribution in [2.45, 2.75) is 33.2 Å². The van der Waals surface area contributed by atoms with Crippen LogP contribution in [-0.4, -0.2) is 18.4 Å². The molecule has 0 fully saturated rings. The highest BCUT2D eigenvalue weighted by Gasteiger charge is 2.37. The number of rotatable bonds is 4. The number of hydrogen-bond acceptors (Lipinski definition) is 2. The SMILES string of the molecule is CC(=O)NC1C(=O)N(CCC(C)C)c2ccc(Cl)cc21. The van der Waals surface area contributed by atoms with Crippen LogP contribution in [0.3, 0.4) is 0 Å². The van der Waals surface area contributed by atoms with Gasteiger partial charge in [-0.3, -0.25) is 9.59 Å². The lowest BCUT2D eigenvalue weighted by Crippen LogP contribution is -2.37. The van der Waals surface area contributed by atoms with Gasteiger partial charge in [0.25, 0.3) is 5.91 Å². The van der Waals surface area contributed by atoms with Gasteiger partial charge in [0.05, 0.1) is 0 Å². The first-order chi connectivity index (χ1) is 9.40. The van der Waals surface area contributed by atoms with Crippen LogP contribution < -0.4 is 10.2 Å². The molecule has 0 spiro atoms. The van der Waals surface area contributed by atoms with Crippen molar-refractivity contribution < 1.29 is 9.59 Å². The molecule has 2 rings (SSSR count). The molecular formula is C15H19ClN2O2. The Bertz CT molecular complexity index is 543. The van der Waals surface area contributed by atoms with Gasteiger partial charge < -0.3 is 10.2 Å². The number of benzene rings is 1. The first-order valence-corrected chi connectivity index (χ1v) is 7.16. The maximum Gasteiger partial charge on any atom is 0.254 e. The number of nitrogens with one attached hydrogen (secondary N) is 1. The van der Waals surface area contributed by atoms with Crippen LogP contribution in [0.25, 0.3) is 0 Å². The smallest absolute Gasteiger partial charge is 0.254 e. The molecule has 0 aliphatic carbocycles. The largest absolute Gasteiger partial charge is 0.341 e. The monoisotopic (exact) mass is 294 g/mol. The van der Waals surface area contributed by atoms with Gasteiger partial charge in [0, 0.05) is 29.7 Å². The maximum absolute atomic E-state index is 12.5. The molecule has 0 radical (unpaired) electrons. The van der Waals surface area contributed by atoms with E-state index in [1.807, 2.05) is 6.07 Å². The van der Waals surface area contributed by atoms with E-state index in [0.717, 1.165) is 17.7 Å². The first kappa shape index (κ1) is 14.9. The molecule has 1 aromatic rings. The number of hydrogen-bond donors (Lipinski definition) is 1. The fourth-order valence-electron chi connectivity index (χ4n) is 2.37. The number of anilines is 1. The fourth-order valence-corrected chi connectivity index (χ4v) is 2.55. The number of nitrogens with zero attached hydrogens (tertiary/aromatic N) is 1.